The van der Waals surface area contributed by atoms with E-state index in [0.717, 1.165) is 37.4 Å². The summed E-state index contributed by atoms with van der Waals surface area (Å²) in [5, 5.41) is 7.17. The van der Waals surface area contributed by atoms with Crippen LogP contribution >= 0.6 is 0 Å². The Bertz CT molecular complexity index is 517. The number of nitrogens with zero attached hydrogens (tertiary/aromatic N) is 2. The van der Waals surface area contributed by atoms with Gasteiger partial charge >= 0.3 is 0 Å². The normalized spacial score (nSPS) is 15.9. The van der Waals surface area contributed by atoms with Crippen LogP contribution in [0.25, 0.3) is 11.3 Å². The number of halogens is 1. The molecule has 2 aromatic rings. The molecule has 94 valence electrons. The molecule has 4 nitrogen and oxygen atoms in total. The number of piperazine rings is 1. The summed E-state index contributed by atoms with van der Waals surface area (Å²) in [6, 6.07) is 6.28. The highest BCUT2D eigenvalue weighted by Crippen LogP contribution is 2.30. The Morgan fingerprint density at radius 1 is 1.17 bits per heavy atom. The van der Waals surface area contributed by atoms with E-state index in [9.17, 15) is 4.39 Å². The van der Waals surface area contributed by atoms with Gasteiger partial charge in [0.25, 0.3) is 0 Å². The molecule has 0 radical (unpaired) electrons. The highest BCUT2D eigenvalue weighted by Gasteiger charge is 2.18. The first-order valence-corrected chi connectivity index (χ1v) is 6.01. The van der Waals surface area contributed by atoms with Crippen molar-refractivity contribution in [2.45, 2.75) is 0 Å². The zero-order chi connectivity index (χ0) is 12.4. The number of rotatable bonds is 2. The Morgan fingerprint density at radius 2 is 1.89 bits per heavy atom. The summed E-state index contributed by atoms with van der Waals surface area (Å²) in [5.41, 5.74) is 1.82. The zero-order valence-electron chi connectivity index (χ0n) is 9.90. The number of hydrogen-bond acceptors (Lipinski definition) is 4. The third-order valence-electron chi connectivity index (χ3n) is 3.12. The standard InChI is InChI=1S/C13H14FN3O/c14-11-3-1-10(2-4-11)13-12(9-16-18-13)17-7-5-15-6-8-17/h1-4,9,15H,5-8H2. The number of anilines is 1. The highest BCUT2D eigenvalue weighted by atomic mass is 19.1. The molecule has 2 heterocycles. The van der Waals surface area contributed by atoms with Crippen LogP contribution < -0.4 is 10.2 Å². The van der Waals surface area contributed by atoms with Crippen LogP contribution in [0.15, 0.2) is 35.0 Å². The van der Waals surface area contributed by atoms with Gasteiger partial charge in [-0.05, 0) is 24.3 Å². The van der Waals surface area contributed by atoms with Gasteiger partial charge in [0.05, 0.1) is 6.20 Å². The Balaban J connectivity index is 1.93. The smallest absolute Gasteiger partial charge is 0.190 e. The molecule has 1 aliphatic heterocycles. The van der Waals surface area contributed by atoms with E-state index in [1.807, 2.05) is 0 Å². The summed E-state index contributed by atoms with van der Waals surface area (Å²) in [5.74, 6) is 0.457. The topological polar surface area (TPSA) is 41.3 Å². The number of aromatic nitrogens is 1. The Morgan fingerprint density at radius 3 is 2.61 bits per heavy atom. The molecule has 0 unspecified atom stereocenters. The fraction of sp³-hybridized carbons (Fsp3) is 0.308. The predicted molar refractivity (Wildman–Crippen MR) is 67.0 cm³/mol. The quantitative estimate of drug-likeness (QED) is 0.880. The van der Waals surface area contributed by atoms with Gasteiger partial charge in [-0.15, -0.1) is 0 Å². The van der Waals surface area contributed by atoms with E-state index in [0.29, 0.717) is 5.76 Å². The highest BCUT2D eigenvalue weighted by molar-refractivity contribution is 5.72. The summed E-state index contributed by atoms with van der Waals surface area (Å²) in [4.78, 5) is 2.23. The first-order chi connectivity index (χ1) is 8.84. The summed E-state index contributed by atoms with van der Waals surface area (Å²) in [7, 11) is 0. The van der Waals surface area contributed by atoms with Gasteiger partial charge in [0, 0.05) is 31.7 Å². The lowest BCUT2D eigenvalue weighted by molar-refractivity contribution is 0.432. The number of benzene rings is 1. The van der Waals surface area contributed by atoms with E-state index in [2.05, 4.69) is 15.4 Å². The van der Waals surface area contributed by atoms with Crippen molar-refractivity contribution in [1.29, 1.82) is 0 Å². The molecule has 5 heteroatoms. The fourth-order valence-corrected chi connectivity index (χ4v) is 2.17. The van der Waals surface area contributed by atoms with Gasteiger partial charge in [-0.1, -0.05) is 5.16 Å². The SMILES string of the molecule is Fc1ccc(-c2oncc2N2CCNCC2)cc1. The average molecular weight is 247 g/mol. The maximum atomic E-state index is 12.9. The van der Waals surface area contributed by atoms with Crippen LogP contribution in [0, 0.1) is 5.82 Å². The van der Waals surface area contributed by atoms with Crippen LogP contribution in [0.1, 0.15) is 0 Å². The average Bonchev–Trinajstić information content (AvgIpc) is 2.90. The lowest BCUT2D eigenvalue weighted by atomic mass is 10.1. The van der Waals surface area contributed by atoms with Crippen LogP contribution in [0.5, 0.6) is 0 Å². The second-order valence-corrected chi connectivity index (χ2v) is 4.28. The molecule has 0 amide bonds. The first kappa shape index (κ1) is 11.2. The molecule has 0 spiro atoms. The molecule has 1 fully saturated rings. The van der Waals surface area contributed by atoms with Crippen molar-refractivity contribution in [1.82, 2.24) is 10.5 Å². The first-order valence-electron chi connectivity index (χ1n) is 6.01. The molecule has 0 aliphatic carbocycles. The van der Waals surface area contributed by atoms with E-state index in [-0.39, 0.29) is 5.82 Å². The van der Waals surface area contributed by atoms with E-state index in [1.54, 1.807) is 18.3 Å². The molecule has 0 saturated carbocycles. The Labute approximate surface area is 104 Å². The van der Waals surface area contributed by atoms with Crippen LogP contribution in [-0.2, 0) is 0 Å². The minimum atomic E-state index is -0.248. The second kappa shape index (κ2) is 4.78. The van der Waals surface area contributed by atoms with E-state index in [1.165, 1.54) is 12.1 Å². The van der Waals surface area contributed by atoms with E-state index in [4.69, 9.17) is 4.52 Å². The maximum Gasteiger partial charge on any atom is 0.190 e. The van der Waals surface area contributed by atoms with Crippen molar-refractivity contribution in [2.24, 2.45) is 0 Å². The molecule has 0 bridgehead atoms. The predicted octanol–water partition coefficient (Wildman–Crippen LogP) is 1.89. The lowest BCUT2D eigenvalue weighted by Gasteiger charge is -2.28. The number of nitrogens with one attached hydrogen (secondary N) is 1. The molecular weight excluding hydrogens is 233 g/mol. The molecule has 0 atom stereocenters. The van der Waals surface area contributed by atoms with E-state index < -0.39 is 0 Å². The van der Waals surface area contributed by atoms with Crippen LogP contribution in [0.2, 0.25) is 0 Å². The molecule has 1 saturated heterocycles. The second-order valence-electron chi connectivity index (χ2n) is 4.28. The minimum Gasteiger partial charge on any atom is -0.365 e. The largest absolute Gasteiger partial charge is 0.365 e. The summed E-state index contributed by atoms with van der Waals surface area (Å²) in [6.07, 6.45) is 1.73. The van der Waals surface area contributed by atoms with Crippen molar-refractivity contribution in [3.8, 4) is 11.3 Å². The lowest BCUT2D eigenvalue weighted by Crippen LogP contribution is -2.43. The van der Waals surface area contributed by atoms with Crippen LogP contribution in [-0.4, -0.2) is 31.3 Å². The minimum absolute atomic E-state index is 0.248. The fourth-order valence-electron chi connectivity index (χ4n) is 2.17. The Kier molecular flexibility index (Phi) is 2.98. The van der Waals surface area contributed by atoms with Crippen LogP contribution in [0.3, 0.4) is 0 Å². The van der Waals surface area contributed by atoms with Crippen LogP contribution in [0.4, 0.5) is 10.1 Å². The van der Waals surface area contributed by atoms with Crippen molar-refractivity contribution in [3.63, 3.8) is 0 Å². The third kappa shape index (κ3) is 2.09. The van der Waals surface area contributed by atoms with Gasteiger partial charge in [0.2, 0.25) is 0 Å². The van der Waals surface area contributed by atoms with Gasteiger partial charge < -0.3 is 14.7 Å². The zero-order valence-corrected chi connectivity index (χ0v) is 9.90. The molecular formula is C13H14FN3O. The summed E-state index contributed by atoms with van der Waals surface area (Å²) in [6.45, 7) is 3.76. The monoisotopic (exact) mass is 247 g/mol. The summed E-state index contributed by atoms with van der Waals surface area (Å²) < 4.78 is 18.2. The number of hydrogen-bond donors (Lipinski definition) is 1. The molecule has 3 rings (SSSR count). The van der Waals surface area contributed by atoms with Crippen molar-refractivity contribution in [2.75, 3.05) is 31.1 Å². The molecule has 1 aromatic heterocycles. The van der Waals surface area contributed by atoms with Crippen molar-refractivity contribution in [3.05, 3.63) is 36.3 Å². The van der Waals surface area contributed by atoms with Gasteiger partial charge in [0.1, 0.15) is 11.5 Å². The third-order valence-corrected chi connectivity index (χ3v) is 3.12. The van der Waals surface area contributed by atoms with Crippen molar-refractivity contribution < 1.29 is 8.91 Å². The van der Waals surface area contributed by atoms with Gasteiger partial charge in [-0.25, -0.2) is 4.39 Å². The molecule has 1 aliphatic rings. The van der Waals surface area contributed by atoms with E-state index >= 15 is 0 Å². The summed E-state index contributed by atoms with van der Waals surface area (Å²) >= 11 is 0. The Hall–Kier alpha value is -1.88. The van der Waals surface area contributed by atoms with Gasteiger partial charge in [0.15, 0.2) is 5.76 Å². The van der Waals surface area contributed by atoms with Gasteiger partial charge in [-0.3, -0.25) is 0 Å². The maximum absolute atomic E-state index is 12.9. The van der Waals surface area contributed by atoms with Gasteiger partial charge in [-0.2, -0.15) is 0 Å². The molecule has 18 heavy (non-hydrogen) atoms. The molecule has 1 N–H and O–H groups in total. The van der Waals surface area contributed by atoms with Crippen molar-refractivity contribution >= 4 is 5.69 Å². The molecule has 1 aromatic carbocycles.